The number of morpholine rings is 1. The maximum atomic E-state index is 13.0. The van der Waals surface area contributed by atoms with Crippen LogP contribution in [0.1, 0.15) is 11.1 Å². The summed E-state index contributed by atoms with van der Waals surface area (Å²) in [6, 6.07) is 4.13. The summed E-state index contributed by atoms with van der Waals surface area (Å²) in [4.78, 5) is 24.2. The molecule has 0 saturated carbocycles. The quantitative estimate of drug-likeness (QED) is 0.778. The predicted octanol–water partition coefficient (Wildman–Crippen LogP) is 0.170. The van der Waals surface area contributed by atoms with Crippen molar-refractivity contribution in [1.82, 2.24) is 4.90 Å². The SMILES string of the molecule is NCc1cc(F)ccc1CN1C(=O)COCC1=O. The van der Waals surface area contributed by atoms with Crippen molar-refractivity contribution in [1.29, 1.82) is 0 Å². The minimum absolute atomic E-state index is 0.105. The smallest absolute Gasteiger partial charge is 0.255 e. The lowest BCUT2D eigenvalue weighted by Gasteiger charge is -2.25. The molecule has 0 atom stereocenters. The summed E-state index contributed by atoms with van der Waals surface area (Å²) in [7, 11) is 0. The number of benzene rings is 1. The van der Waals surface area contributed by atoms with Crippen LogP contribution in [0, 0.1) is 5.82 Å². The third-order valence-corrected chi connectivity index (χ3v) is 2.77. The largest absolute Gasteiger partial charge is 0.362 e. The molecule has 1 aliphatic heterocycles. The van der Waals surface area contributed by atoms with Crippen molar-refractivity contribution in [2.45, 2.75) is 13.1 Å². The van der Waals surface area contributed by atoms with Crippen LogP contribution in [-0.2, 0) is 27.4 Å². The lowest BCUT2D eigenvalue weighted by molar-refractivity contribution is -0.159. The molecule has 1 aromatic carbocycles. The fourth-order valence-corrected chi connectivity index (χ4v) is 1.81. The zero-order valence-electron chi connectivity index (χ0n) is 9.69. The highest BCUT2D eigenvalue weighted by Crippen LogP contribution is 2.15. The van der Waals surface area contributed by atoms with E-state index in [0.717, 1.165) is 4.90 Å². The summed E-state index contributed by atoms with van der Waals surface area (Å²) < 4.78 is 17.9. The second-order valence-electron chi connectivity index (χ2n) is 3.98. The van der Waals surface area contributed by atoms with Crippen molar-refractivity contribution >= 4 is 11.8 Å². The summed E-state index contributed by atoms with van der Waals surface area (Å²) in [5, 5.41) is 0. The van der Waals surface area contributed by atoms with Gasteiger partial charge >= 0.3 is 0 Å². The molecule has 0 radical (unpaired) electrons. The fraction of sp³-hybridized carbons (Fsp3) is 0.333. The maximum absolute atomic E-state index is 13.0. The summed E-state index contributed by atoms with van der Waals surface area (Å²) in [5.41, 5.74) is 6.77. The number of halogens is 1. The Labute approximate surface area is 103 Å². The van der Waals surface area contributed by atoms with Gasteiger partial charge in [-0.15, -0.1) is 0 Å². The maximum Gasteiger partial charge on any atom is 0.255 e. The van der Waals surface area contributed by atoms with Gasteiger partial charge in [0.2, 0.25) is 0 Å². The molecule has 0 unspecified atom stereocenters. The van der Waals surface area contributed by atoms with Crippen LogP contribution in [0.2, 0.25) is 0 Å². The molecule has 1 fully saturated rings. The standard InChI is InChI=1S/C12H13FN2O3/c13-10-2-1-8(9(3-10)4-14)5-15-11(16)6-18-7-12(15)17/h1-3H,4-7,14H2. The number of nitrogens with zero attached hydrogens (tertiary/aromatic N) is 1. The summed E-state index contributed by atoms with van der Waals surface area (Å²) in [6.45, 7) is 0.0451. The molecule has 0 bridgehead atoms. The third kappa shape index (κ3) is 2.55. The highest BCUT2D eigenvalue weighted by atomic mass is 19.1. The van der Waals surface area contributed by atoms with E-state index in [1.807, 2.05) is 0 Å². The Balaban J connectivity index is 2.22. The Hall–Kier alpha value is -1.79. The molecule has 2 N–H and O–H groups in total. The fourth-order valence-electron chi connectivity index (χ4n) is 1.81. The van der Waals surface area contributed by atoms with Gasteiger partial charge in [-0.3, -0.25) is 14.5 Å². The average molecular weight is 252 g/mol. The molecular weight excluding hydrogens is 239 g/mol. The molecule has 0 aromatic heterocycles. The number of hydrogen-bond acceptors (Lipinski definition) is 4. The van der Waals surface area contributed by atoms with Gasteiger partial charge in [-0.1, -0.05) is 6.07 Å². The van der Waals surface area contributed by atoms with E-state index in [1.54, 1.807) is 0 Å². The van der Waals surface area contributed by atoms with E-state index < -0.39 is 11.8 Å². The predicted molar refractivity (Wildman–Crippen MR) is 60.7 cm³/mol. The number of amides is 2. The van der Waals surface area contributed by atoms with Crippen molar-refractivity contribution in [3.8, 4) is 0 Å². The number of carbonyl (C=O) groups is 2. The molecule has 6 heteroatoms. The van der Waals surface area contributed by atoms with Crippen molar-refractivity contribution in [2.24, 2.45) is 5.73 Å². The Morgan fingerprint density at radius 2 is 1.89 bits per heavy atom. The number of carbonyl (C=O) groups excluding carboxylic acids is 2. The highest BCUT2D eigenvalue weighted by molar-refractivity contribution is 5.98. The van der Waals surface area contributed by atoms with E-state index in [4.69, 9.17) is 10.5 Å². The third-order valence-electron chi connectivity index (χ3n) is 2.77. The van der Waals surface area contributed by atoms with Crippen LogP contribution in [0.25, 0.3) is 0 Å². The van der Waals surface area contributed by atoms with Crippen LogP contribution in [0.4, 0.5) is 4.39 Å². The van der Waals surface area contributed by atoms with Crippen molar-refractivity contribution in [3.05, 3.63) is 35.1 Å². The first-order valence-corrected chi connectivity index (χ1v) is 5.50. The van der Waals surface area contributed by atoms with Crippen molar-refractivity contribution < 1.29 is 18.7 Å². The van der Waals surface area contributed by atoms with E-state index in [-0.39, 0.29) is 32.1 Å². The second kappa shape index (κ2) is 5.24. The molecule has 2 amide bonds. The molecule has 0 spiro atoms. The summed E-state index contributed by atoms with van der Waals surface area (Å²) >= 11 is 0. The van der Waals surface area contributed by atoms with Gasteiger partial charge in [-0.25, -0.2) is 4.39 Å². The number of imide groups is 1. The van der Waals surface area contributed by atoms with Gasteiger partial charge in [0, 0.05) is 6.54 Å². The van der Waals surface area contributed by atoms with Crippen LogP contribution >= 0.6 is 0 Å². The van der Waals surface area contributed by atoms with Gasteiger partial charge in [-0.05, 0) is 23.3 Å². The van der Waals surface area contributed by atoms with Gasteiger partial charge in [0.1, 0.15) is 19.0 Å². The zero-order chi connectivity index (χ0) is 13.1. The summed E-state index contributed by atoms with van der Waals surface area (Å²) in [6.07, 6.45) is 0. The number of hydrogen-bond donors (Lipinski definition) is 1. The van der Waals surface area contributed by atoms with Gasteiger partial charge < -0.3 is 10.5 Å². The van der Waals surface area contributed by atoms with E-state index >= 15 is 0 Å². The highest BCUT2D eigenvalue weighted by Gasteiger charge is 2.27. The van der Waals surface area contributed by atoms with Crippen LogP contribution in [0.15, 0.2) is 18.2 Å². The first-order chi connectivity index (χ1) is 8.61. The summed E-state index contributed by atoms with van der Waals surface area (Å²) in [5.74, 6) is -1.17. The molecule has 96 valence electrons. The van der Waals surface area contributed by atoms with Crippen LogP contribution in [0.3, 0.4) is 0 Å². The van der Waals surface area contributed by atoms with Gasteiger partial charge in [0.25, 0.3) is 11.8 Å². The molecule has 1 aromatic rings. The number of rotatable bonds is 3. The molecule has 18 heavy (non-hydrogen) atoms. The average Bonchev–Trinajstić information content (AvgIpc) is 2.35. The van der Waals surface area contributed by atoms with E-state index in [0.29, 0.717) is 11.1 Å². The van der Waals surface area contributed by atoms with Crippen molar-refractivity contribution in [2.75, 3.05) is 13.2 Å². The van der Waals surface area contributed by atoms with Crippen LogP contribution in [-0.4, -0.2) is 29.9 Å². The van der Waals surface area contributed by atoms with E-state index in [9.17, 15) is 14.0 Å². The van der Waals surface area contributed by atoms with Gasteiger partial charge in [-0.2, -0.15) is 0 Å². The second-order valence-corrected chi connectivity index (χ2v) is 3.98. The Kier molecular flexibility index (Phi) is 3.69. The Morgan fingerprint density at radius 1 is 1.22 bits per heavy atom. The minimum atomic E-state index is -0.390. The normalized spacial score (nSPS) is 16.2. The molecule has 1 aliphatic rings. The number of nitrogens with two attached hydrogens (primary N) is 1. The molecule has 0 aliphatic carbocycles. The van der Waals surface area contributed by atoms with E-state index in [1.165, 1.54) is 18.2 Å². The van der Waals surface area contributed by atoms with Gasteiger partial charge in [0.05, 0.1) is 6.54 Å². The Morgan fingerprint density at radius 3 is 2.50 bits per heavy atom. The van der Waals surface area contributed by atoms with E-state index in [2.05, 4.69) is 0 Å². The van der Waals surface area contributed by atoms with Crippen molar-refractivity contribution in [3.63, 3.8) is 0 Å². The van der Waals surface area contributed by atoms with Crippen LogP contribution in [0.5, 0.6) is 0 Å². The monoisotopic (exact) mass is 252 g/mol. The zero-order valence-corrected chi connectivity index (χ0v) is 9.69. The molecule has 2 rings (SSSR count). The first kappa shape index (κ1) is 12.7. The molecule has 1 saturated heterocycles. The first-order valence-electron chi connectivity index (χ1n) is 5.50. The number of ether oxygens (including phenoxy) is 1. The minimum Gasteiger partial charge on any atom is -0.362 e. The molecule has 1 heterocycles. The molecular formula is C12H13FN2O3. The van der Waals surface area contributed by atoms with Crippen LogP contribution < -0.4 is 5.73 Å². The topological polar surface area (TPSA) is 72.6 Å². The van der Waals surface area contributed by atoms with Gasteiger partial charge in [0.15, 0.2) is 0 Å². The lowest BCUT2D eigenvalue weighted by Crippen LogP contribution is -2.45. The Bertz CT molecular complexity index is 474. The molecule has 5 nitrogen and oxygen atoms in total. The lowest BCUT2D eigenvalue weighted by atomic mass is 10.1.